The van der Waals surface area contributed by atoms with Crippen molar-refractivity contribution in [2.75, 3.05) is 6.54 Å². The summed E-state index contributed by atoms with van der Waals surface area (Å²) >= 11 is 0. The lowest BCUT2D eigenvalue weighted by Crippen LogP contribution is -2.25. The number of aryl methyl sites for hydroxylation is 2. The number of unbranched alkanes of at least 4 members (excludes halogenated alkanes) is 9. The molecule has 184 valence electrons. The summed E-state index contributed by atoms with van der Waals surface area (Å²) in [6.45, 7) is 3.85. The first kappa shape index (κ1) is 25.9. The van der Waals surface area contributed by atoms with Crippen molar-refractivity contribution in [1.29, 1.82) is 0 Å². The molecule has 2 aromatic carbocycles. The lowest BCUT2D eigenvalue weighted by molar-refractivity contribution is 0.0949. The molecule has 0 unspecified atom stereocenters. The Bertz CT molecular complexity index is 1010. The van der Waals surface area contributed by atoms with Crippen molar-refractivity contribution in [2.24, 2.45) is 0 Å². The maximum absolute atomic E-state index is 13.7. The van der Waals surface area contributed by atoms with Crippen LogP contribution in [0, 0.1) is 5.82 Å². The number of carbonyl (C=O) groups is 1. The van der Waals surface area contributed by atoms with Crippen molar-refractivity contribution in [3.8, 4) is 0 Å². The number of halogens is 1. The summed E-state index contributed by atoms with van der Waals surface area (Å²) in [5, 5.41) is 2.83. The van der Waals surface area contributed by atoms with Crippen LogP contribution in [0.15, 0.2) is 48.5 Å². The molecule has 0 saturated carbocycles. The van der Waals surface area contributed by atoms with Crippen molar-refractivity contribution in [1.82, 2.24) is 14.9 Å². The summed E-state index contributed by atoms with van der Waals surface area (Å²) in [7, 11) is 0. The lowest BCUT2D eigenvalue weighted by Gasteiger charge is -2.10. The van der Waals surface area contributed by atoms with Gasteiger partial charge in [0.1, 0.15) is 11.6 Å². The molecule has 0 radical (unpaired) electrons. The van der Waals surface area contributed by atoms with Gasteiger partial charge in [-0.1, -0.05) is 82.6 Å². The highest BCUT2D eigenvalue weighted by Gasteiger charge is 2.11. The van der Waals surface area contributed by atoms with Gasteiger partial charge in [-0.25, -0.2) is 9.37 Å². The van der Waals surface area contributed by atoms with Gasteiger partial charge in [0.15, 0.2) is 0 Å². The van der Waals surface area contributed by atoms with Gasteiger partial charge in [-0.3, -0.25) is 4.79 Å². The van der Waals surface area contributed by atoms with Crippen molar-refractivity contribution < 1.29 is 9.18 Å². The smallest absolute Gasteiger partial charge is 0.254 e. The molecule has 0 aliphatic rings. The second kappa shape index (κ2) is 14.5. The number of imidazole rings is 1. The maximum Gasteiger partial charge on any atom is 0.254 e. The SMILES string of the molecule is CCCCCCCCCCn1c(CCCCCNC(=O)c2ccccc2F)nc2ccccc21. The van der Waals surface area contributed by atoms with E-state index in [0.717, 1.165) is 37.7 Å². The lowest BCUT2D eigenvalue weighted by atomic mass is 10.1. The van der Waals surface area contributed by atoms with Gasteiger partial charge in [-0.2, -0.15) is 0 Å². The predicted octanol–water partition coefficient (Wildman–Crippen LogP) is 7.46. The van der Waals surface area contributed by atoms with E-state index in [-0.39, 0.29) is 11.5 Å². The topological polar surface area (TPSA) is 46.9 Å². The van der Waals surface area contributed by atoms with Crippen LogP contribution in [0.5, 0.6) is 0 Å². The third kappa shape index (κ3) is 7.96. The number of para-hydroxylation sites is 2. The summed E-state index contributed by atoms with van der Waals surface area (Å²) < 4.78 is 16.1. The molecule has 3 aromatic rings. The van der Waals surface area contributed by atoms with Crippen LogP contribution in [-0.2, 0) is 13.0 Å². The van der Waals surface area contributed by atoms with E-state index in [2.05, 4.69) is 41.1 Å². The number of hydrogen-bond acceptors (Lipinski definition) is 2. The van der Waals surface area contributed by atoms with E-state index in [0.29, 0.717) is 6.54 Å². The van der Waals surface area contributed by atoms with E-state index < -0.39 is 5.82 Å². The van der Waals surface area contributed by atoms with Crippen molar-refractivity contribution in [2.45, 2.75) is 90.5 Å². The maximum atomic E-state index is 13.7. The van der Waals surface area contributed by atoms with E-state index >= 15 is 0 Å². The Kier molecular flexibility index (Phi) is 11.1. The zero-order chi connectivity index (χ0) is 24.0. The molecule has 0 aliphatic heterocycles. The Hall–Kier alpha value is -2.69. The van der Waals surface area contributed by atoms with Crippen LogP contribution in [-0.4, -0.2) is 22.0 Å². The van der Waals surface area contributed by atoms with Crippen LogP contribution in [0.3, 0.4) is 0 Å². The molecule has 5 heteroatoms. The highest BCUT2D eigenvalue weighted by Crippen LogP contribution is 2.19. The van der Waals surface area contributed by atoms with Gasteiger partial charge in [-0.05, 0) is 43.5 Å². The summed E-state index contributed by atoms with van der Waals surface area (Å²) in [4.78, 5) is 17.0. The molecule has 3 rings (SSSR count). The highest BCUT2D eigenvalue weighted by atomic mass is 19.1. The Labute approximate surface area is 204 Å². The number of carbonyl (C=O) groups excluding carboxylic acids is 1. The quantitative estimate of drug-likeness (QED) is 0.223. The molecule has 0 atom stereocenters. The van der Waals surface area contributed by atoms with E-state index in [1.54, 1.807) is 12.1 Å². The van der Waals surface area contributed by atoms with Gasteiger partial charge in [0, 0.05) is 19.5 Å². The third-order valence-corrected chi connectivity index (χ3v) is 6.45. The zero-order valence-corrected chi connectivity index (χ0v) is 20.7. The molecular weight excluding hydrogens is 425 g/mol. The molecule has 4 nitrogen and oxygen atoms in total. The van der Waals surface area contributed by atoms with Gasteiger partial charge in [0.25, 0.3) is 5.91 Å². The molecule has 0 saturated heterocycles. The number of aromatic nitrogens is 2. The van der Waals surface area contributed by atoms with E-state index in [1.165, 1.54) is 74.8 Å². The zero-order valence-electron chi connectivity index (χ0n) is 20.7. The van der Waals surface area contributed by atoms with Crippen molar-refractivity contribution >= 4 is 16.9 Å². The number of nitrogens with one attached hydrogen (secondary N) is 1. The van der Waals surface area contributed by atoms with E-state index in [4.69, 9.17) is 4.98 Å². The first-order valence-electron chi connectivity index (χ1n) is 13.2. The number of benzene rings is 2. The summed E-state index contributed by atoms with van der Waals surface area (Å²) in [5.74, 6) is 0.347. The Balaban J connectivity index is 1.40. The summed E-state index contributed by atoms with van der Waals surface area (Å²) in [6.07, 6.45) is 14.4. The third-order valence-electron chi connectivity index (χ3n) is 6.45. The predicted molar refractivity (Wildman–Crippen MR) is 139 cm³/mol. The largest absolute Gasteiger partial charge is 0.352 e. The standard InChI is InChI=1S/C29H40FN3O/c1-2-3-4-5-6-7-8-16-23-33-27-20-14-13-19-26(27)32-28(33)21-10-9-15-22-31-29(34)24-17-11-12-18-25(24)30/h11-14,17-20H,2-10,15-16,21-23H2,1H3,(H,31,34). The molecule has 0 aliphatic carbocycles. The number of rotatable bonds is 16. The Morgan fingerprint density at radius 3 is 2.32 bits per heavy atom. The van der Waals surface area contributed by atoms with Crippen LogP contribution in [0.2, 0.25) is 0 Å². The summed E-state index contributed by atoms with van der Waals surface area (Å²) in [6, 6.07) is 14.5. The van der Waals surface area contributed by atoms with Crippen LogP contribution in [0.4, 0.5) is 4.39 Å². The molecule has 1 aromatic heterocycles. The van der Waals surface area contributed by atoms with E-state index in [9.17, 15) is 9.18 Å². The molecule has 1 amide bonds. The normalized spacial score (nSPS) is 11.2. The fourth-order valence-corrected chi connectivity index (χ4v) is 4.50. The average molecular weight is 466 g/mol. The number of nitrogens with zero attached hydrogens (tertiary/aromatic N) is 2. The fourth-order valence-electron chi connectivity index (χ4n) is 4.50. The van der Waals surface area contributed by atoms with Gasteiger partial charge < -0.3 is 9.88 Å². The van der Waals surface area contributed by atoms with Gasteiger partial charge in [0.2, 0.25) is 0 Å². The van der Waals surface area contributed by atoms with Crippen molar-refractivity contribution in [3.63, 3.8) is 0 Å². The van der Waals surface area contributed by atoms with Crippen LogP contribution < -0.4 is 5.32 Å². The molecule has 1 heterocycles. The van der Waals surface area contributed by atoms with Crippen LogP contribution in [0.1, 0.15) is 93.7 Å². The minimum absolute atomic E-state index is 0.108. The van der Waals surface area contributed by atoms with Gasteiger partial charge in [0.05, 0.1) is 16.6 Å². The molecule has 0 fully saturated rings. The Morgan fingerprint density at radius 1 is 0.853 bits per heavy atom. The first-order valence-corrected chi connectivity index (χ1v) is 13.2. The minimum atomic E-state index is -0.476. The van der Waals surface area contributed by atoms with E-state index in [1.807, 2.05) is 0 Å². The minimum Gasteiger partial charge on any atom is -0.352 e. The average Bonchev–Trinajstić information content (AvgIpc) is 3.20. The number of amides is 1. The van der Waals surface area contributed by atoms with Gasteiger partial charge in [-0.15, -0.1) is 0 Å². The molecule has 0 bridgehead atoms. The molecular formula is C29H40FN3O. The van der Waals surface area contributed by atoms with Gasteiger partial charge >= 0.3 is 0 Å². The van der Waals surface area contributed by atoms with Crippen LogP contribution >= 0.6 is 0 Å². The summed E-state index contributed by atoms with van der Waals surface area (Å²) in [5.41, 5.74) is 2.42. The number of hydrogen-bond donors (Lipinski definition) is 1. The van der Waals surface area contributed by atoms with Crippen LogP contribution in [0.25, 0.3) is 11.0 Å². The first-order chi connectivity index (χ1) is 16.7. The Morgan fingerprint density at radius 2 is 1.53 bits per heavy atom. The molecule has 34 heavy (non-hydrogen) atoms. The second-order valence-electron chi connectivity index (χ2n) is 9.19. The number of fused-ring (bicyclic) bond motifs is 1. The molecule has 1 N–H and O–H groups in total. The van der Waals surface area contributed by atoms with Crippen molar-refractivity contribution in [3.05, 3.63) is 65.7 Å². The molecule has 0 spiro atoms. The highest BCUT2D eigenvalue weighted by molar-refractivity contribution is 5.94. The monoisotopic (exact) mass is 465 g/mol. The second-order valence-corrected chi connectivity index (χ2v) is 9.19. The fraction of sp³-hybridized carbons (Fsp3) is 0.517.